The van der Waals surface area contributed by atoms with Crippen LogP contribution in [-0.2, 0) is 34.7 Å². The minimum atomic E-state index is -5.19. The Morgan fingerprint density at radius 1 is 0.770 bits per heavy atom. The summed E-state index contributed by atoms with van der Waals surface area (Å²) in [5.74, 6) is -3.96. The Morgan fingerprint density at radius 3 is 1.79 bits per heavy atom. The van der Waals surface area contributed by atoms with Gasteiger partial charge in [0.1, 0.15) is 23.6 Å². The lowest BCUT2D eigenvalue weighted by molar-refractivity contribution is -0.338. The van der Waals surface area contributed by atoms with Crippen molar-refractivity contribution in [3.05, 3.63) is 122 Å². The molecule has 61 heavy (non-hydrogen) atoms. The SMILES string of the molecule is Cc1nc(C2(n3cc(-c4cc(F)c(Cl)cc4C(F)(F)F)cn3)O[C@@H](CO)[C@@H](O)C[C@@]2(O)n2cc(-c3cc(F)c(Cl)cc3C(F)(F)F)cn2)n(-c2cc(Cl)ccc2C(F)(F)F)n1. The second-order valence-corrected chi connectivity index (χ2v) is 14.8. The molecule has 0 bridgehead atoms. The maximum atomic E-state index is 14.8. The van der Waals surface area contributed by atoms with E-state index >= 15 is 0 Å². The van der Waals surface area contributed by atoms with Gasteiger partial charge in [0.25, 0.3) is 5.72 Å². The molecule has 0 aliphatic carbocycles. The van der Waals surface area contributed by atoms with Crippen molar-refractivity contribution in [1.29, 1.82) is 0 Å². The highest BCUT2D eigenvalue weighted by Gasteiger charge is 2.66. The highest BCUT2D eigenvalue weighted by atomic mass is 35.5. The zero-order chi connectivity index (χ0) is 44.8. The number of nitrogens with zero attached hydrogens (tertiary/aromatic N) is 7. The topological polar surface area (TPSA) is 136 Å². The van der Waals surface area contributed by atoms with E-state index in [1.54, 1.807) is 0 Å². The Kier molecular flexibility index (Phi) is 11.0. The molecule has 1 saturated heterocycles. The Hall–Kier alpha value is -4.84. The summed E-state index contributed by atoms with van der Waals surface area (Å²) < 4.78 is 167. The van der Waals surface area contributed by atoms with E-state index in [2.05, 4.69) is 20.3 Å². The van der Waals surface area contributed by atoms with Crippen LogP contribution >= 0.6 is 34.8 Å². The fourth-order valence-corrected chi connectivity index (χ4v) is 7.49. The predicted octanol–water partition coefficient (Wildman–Crippen LogP) is 8.79. The van der Waals surface area contributed by atoms with Gasteiger partial charge < -0.3 is 20.1 Å². The van der Waals surface area contributed by atoms with Crippen molar-refractivity contribution in [3.63, 3.8) is 0 Å². The van der Waals surface area contributed by atoms with Crippen LogP contribution in [0.5, 0.6) is 0 Å². The second-order valence-electron chi connectivity index (χ2n) is 13.6. The normalized spacial score (nSPS) is 21.3. The first kappa shape index (κ1) is 44.2. The average Bonchev–Trinajstić information content (AvgIpc) is 3.94. The lowest BCUT2D eigenvalue weighted by Crippen LogP contribution is -2.68. The van der Waals surface area contributed by atoms with Crippen LogP contribution in [-0.4, -0.2) is 68.5 Å². The number of aliphatic hydroxyl groups is 3. The second kappa shape index (κ2) is 15.2. The highest BCUT2D eigenvalue weighted by Crippen LogP contribution is 2.51. The molecular weight excluding hydrogens is 910 g/mol. The minimum Gasteiger partial charge on any atom is -0.394 e. The van der Waals surface area contributed by atoms with Crippen LogP contribution in [0.15, 0.2) is 67.3 Å². The van der Waals surface area contributed by atoms with Crippen molar-refractivity contribution in [2.45, 2.75) is 55.5 Å². The molecule has 6 aromatic rings. The number of alkyl halides is 9. The van der Waals surface area contributed by atoms with Crippen molar-refractivity contribution >= 4 is 34.8 Å². The van der Waals surface area contributed by atoms with Crippen LogP contribution in [0.1, 0.15) is 34.8 Å². The van der Waals surface area contributed by atoms with Crippen LogP contribution < -0.4 is 0 Å². The largest absolute Gasteiger partial charge is 0.418 e. The van der Waals surface area contributed by atoms with Crippen molar-refractivity contribution in [1.82, 2.24) is 34.3 Å². The van der Waals surface area contributed by atoms with Crippen molar-refractivity contribution in [2.24, 2.45) is 0 Å². The van der Waals surface area contributed by atoms with Gasteiger partial charge in [-0.1, -0.05) is 34.8 Å². The number of aromatic nitrogens is 7. The summed E-state index contributed by atoms with van der Waals surface area (Å²) in [5, 5.41) is 44.8. The maximum Gasteiger partial charge on any atom is 0.418 e. The number of aliphatic hydroxyl groups excluding tert-OH is 2. The predicted molar refractivity (Wildman–Crippen MR) is 191 cm³/mol. The van der Waals surface area contributed by atoms with Crippen molar-refractivity contribution in [2.75, 3.05) is 6.61 Å². The molecule has 1 unspecified atom stereocenters. The van der Waals surface area contributed by atoms with Gasteiger partial charge >= 0.3 is 18.5 Å². The summed E-state index contributed by atoms with van der Waals surface area (Å²) in [5.41, 5.74) is -14.7. The number of hydrogen-bond donors (Lipinski definition) is 3. The lowest BCUT2D eigenvalue weighted by atomic mass is 9.86. The van der Waals surface area contributed by atoms with Gasteiger partial charge in [-0.25, -0.2) is 27.8 Å². The van der Waals surface area contributed by atoms with Gasteiger partial charge in [0.2, 0.25) is 5.72 Å². The third kappa shape index (κ3) is 7.61. The Morgan fingerprint density at radius 2 is 1.28 bits per heavy atom. The van der Waals surface area contributed by atoms with Crippen LogP contribution in [0, 0.1) is 18.6 Å². The van der Waals surface area contributed by atoms with Gasteiger partial charge in [-0.2, -0.15) is 54.8 Å². The summed E-state index contributed by atoms with van der Waals surface area (Å²) >= 11 is 17.5. The molecule has 25 heteroatoms. The van der Waals surface area contributed by atoms with Crippen molar-refractivity contribution in [3.8, 4) is 27.9 Å². The van der Waals surface area contributed by atoms with E-state index in [1.165, 1.54) is 0 Å². The van der Waals surface area contributed by atoms with Crippen LogP contribution in [0.2, 0.25) is 15.1 Å². The molecular formula is C36H23Cl3F11N7O4. The molecule has 0 amide bonds. The third-order valence-corrected chi connectivity index (χ3v) is 10.5. The fraction of sp³-hybridized carbons (Fsp3) is 0.278. The molecule has 11 nitrogen and oxygen atoms in total. The Labute approximate surface area is 349 Å². The molecule has 7 rings (SSSR count). The van der Waals surface area contributed by atoms with Gasteiger partial charge in [-0.15, -0.1) is 0 Å². The van der Waals surface area contributed by atoms with Gasteiger partial charge in [0, 0.05) is 35.0 Å². The van der Waals surface area contributed by atoms with Crippen LogP contribution in [0.4, 0.5) is 48.3 Å². The van der Waals surface area contributed by atoms with E-state index in [9.17, 15) is 63.6 Å². The molecule has 4 heterocycles. The number of ether oxygens (including phenoxy) is 1. The monoisotopic (exact) mass is 931 g/mol. The quantitative estimate of drug-likeness (QED) is 0.135. The molecule has 0 radical (unpaired) electrons. The van der Waals surface area contributed by atoms with Gasteiger partial charge in [-0.3, -0.25) is 0 Å². The summed E-state index contributed by atoms with van der Waals surface area (Å²) in [4.78, 5) is 4.24. The van der Waals surface area contributed by atoms with Gasteiger partial charge in [0.15, 0.2) is 5.82 Å². The first-order valence-electron chi connectivity index (χ1n) is 17.0. The lowest BCUT2D eigenvalue weighted by Gasteiger charge is -2.51. The smallest absolute Gasteiger partial charge is 0.394 e. The van der Waals surface area contributed by atoms with E-state index < -0.39 is 127 Å². The molecule has 1 aliphatic rings. The van der Waals surface area contributed by atoms with E-state index in [0.717, 1.165) is 19.1 Å². The first-order valence-corrected chi connectivity index (χ1v) is 18.2. The molecule has 3 aromatic heterocycles. The average molecular weight is 933 g/mol. The summed E-state index contributed by atoms with van der Waals surface area (Å²) in [6, 6.07) is 3.55. The standard InChI is InChI=1S/C36H23Cl3F11N7O4/c1-15-53-31(57(54-15)28-4-18(37)2-3-21(28)34(42,43)44)33(56-13-17(11-52-56)20-6-27(41)25(39)8-23(20)36(48,49)50)32(60,9-29(59)30(14-58)61-33)55-12-16(10-51-55)19-5-26(40)24(38)7-22(19)35(45,46)47/h2-8,10-13,29-30,58-60H,9,14H2,1H3/t29-,30-,32-,33?/m0/s1. The number of halogens is 14. The molecule has 3 aromatic carbocycles. The molecule has 3 N–H and O–H groups in total. The number of rotatable bonds is 7. The number of aryl methyl sites for hydroxylation is 1. The zero-order valence-corrected chi connectivity index (χ0v) is 32.4. The van der Waals surface area contributed by atoms with Gasteiger partial charge in [0.05, 0.1) is 57.5 Å². The molecule has 324 valence electrons. The summed E-state index contributed by atoms with van der Waals surface area (Å²) in [6.07, 6.45) is -17.7. The molecule has 0 saturated carbocycles. The highest BCUT2D eigenvalue weighted by molar-refractivity contribution is 6.31. The molecule has 4 atom stereocenters. The Bertz CT molecular complexity index is 2670. The summed E-state index contributed by atoms with van der Waals surface area (Å²) in [6.45, 7) is 0.0291. The van der Waals surface area contributed by atoms with Gasteiger partial charge in [-0.05, 0) is 60.5 Å². The van der Waals surface area contributed by atoms with E-state index in [4.69, 9.17) is 39.5 Å². The van der Waals surface area contributed by atoms with E-state index in [0.29, 0.717) is 57.0 Å². The maximum absolute atomic E-state index is 14.8. The number of hydrogen-bond acceptors (Lipinski definition) is 8. The fourth-order valence-electron chi connectivity index (χ4n) is 6.99. The Balaban J connectivity index is 1.59. The van der Waals surface area contributed by atoms with E-state index in [1.807, 2.05) is 0 Å². The third-order valence-electron chi connectivity index (χ3n) is 9.70. The number of benzene rings is 3. The molecule has 1 aliphatic heterocycles. The summed E-state index contributed by atoms with van der Waals surface area (Å²) in [7, 11) is 0. The minimum absolute atomic E-state index is 0.267. The molecule has 0 spiro atoms. The first-order chi connectivity index (χ1) is 28.3. The van der Waals surface area contributed by atoms with Crippen molar-refractivity contribution < 1.29 is 68.4 Å². The van der Waals surface area contributed by atoms with Crippen LogP contribution in [0.3, 0.4) is 0 Å². The van der Waals surface area contributed by atoms with Crippen LogP contribution in [0.25, 0.3) is 27.9 Å². The zero-order valence-electron chi connectivity index (χ0n) is 30.1. The molecule has 1 fully saturated rings. The van der Waals surface area contributed by atoms with E-state index in [-0.39, 0.29) is 23.0 Å².